The average Bonchev–Trinajstić information content (AvgIpc) is 2.47. The summed E-state index contributed by atoms with van der Waals surface area (Å²) >= 11 is 0. The highest BCUT2D eigenvalue weighted by atomic mass is 16.3. The van der Waals surface area contributed by atoms with Gasteiger partial charge in [-0.05, 0) is 38.5 Å². The van der Waals surface area contributed by atoms with Crippen LogP contribution in [0.3, 0.4) is 0 Å². The Bertz CT molecular complexity index is 219. The van der Waals surface area contributed by atoms with Crippen molar-refractivity contribution < 1.29 is 5.11 Å². The van der Waals surface area contributed by atoms with Crippen molar-refractivity contribution in [1.82, 2.24) is 4.90 Å². The number of likely N-dealkylation sites (tertiary alicyclic amines) is 1. The molecule has 0 radical (unpaired) electrons. The first-order valence-electron chi connectivity index (χ1n) is 7.12. The Labute approximate surface area is 100 Å². The van der Waals surface area contributed by atoms with E-state index in [9.17, 15) is 5.11 Å². The van der Waals surface area contributed by atoms with Crippen molar-refractivity contribution in [3.63, 3.8) is 0 Å². The van der Waals surface area contributed by atoms with Crippen LogP contribution < -0.4 is 0 Å². The minimum atomic E-state index is -0.0738. The first kappa shape index (κ1) is 12.4. The molecule has 0 aromatic carbocycles. The second kappa shape index (κ2) is 5.50. The Morgan fingerprint density at radius 1 is 0.938 bits per heavy atom. The molecule has 4 atom stereocenters. The molecule has 0 aromatic heterocycles. The molecule has 1 saturated carbocycles. The third kappa shape index (κ3) is 2.78. The quantitative estimate of drug-likeness (QED) is 0.694. The third-order valence-corrected chi connectivity index (χ3v) is 4.54. The Hall–Kier alpha value is -0.0800. The number of nitrogens with zero attached hydrogens (tertiary/aromatic N) is 1. The summed E-state index contributed by atoms with van der Waals surface area (Å²) in [5, 5.41) is 10.3. The number of aliphatic hydroxyl groups excluding tert-OH is 1. The number of rotatable bonds is 1. The summed E-state index contributed by atoms with van der Waals surface area (Å²) in [7, 11) is 0. The normalized spacial score (nSPS) is 42.9. The van der Waals surface area contributed by atoms with Crippen molar-refractivity contribution in [2.24, 2.45) is 5.92 Å². The van der Waals surface area contributed by atoms with E-state index in [0.717, 1.165) is 12.3 Å². The van der Waals surface area contributed by atoms with Gasteiger partial charge >= 0.3 is 0 Å². The van der Waals surface area contributed by atoms with E-state index in [1.165, 1.54) is 45.1 Å². The lowest BCUT2D eigenvalue weighted by Crippen LogP contribution is -2.51. The summed E-state index contributed by atoms with van der Waals surface area (Å²) < 4.78 is 0. The number of hydrogen-bond donors (Lipinski definition) is 1. The van der Waals surface area contributed by atoms with Gasteiger partial charge in [0.1, 0.15) is 0 Å². The molecule has 1 N–H and O–H groups in total. The maximum atomic E-state index is 10.3. The average molecular weight is 225 g/mol. The predicted octanol–water partition coefficient (Wildman–Crippen LogP) is 2.80. The zero-order valence-corrected chi connectivity index (χ0v) is 10.9. The SMILES string of the molecule is CC1CCC(C)N(C2CCCCCC2O)C1. The summed E-state index contributed by atoms with van der Waals surface area (Å²) in [4.78, 5) is 2.60. The van der Waals surface area contributed by atoms with Gasteiger partial charge in [-0.25, -0.2) is 0 Å². The van der Waals surface area contributed by atoms with Gasteiger partial charge in [0, 0.05) is 18.6 Å². The molecule has 16 heavy (non-hydrogen) atoms. The molecule has 1 aliphatic heterocycles. The van der Waals surface area contributed by atoms with Gasteiger partial charge in [0.05, 0.1) is 6.10 Å². The lowest BCUT2D eigenvalue weighted by atomic mass is 9.91. The summed E-state index contributed by atoms with van der Waals surface area (Å²) in [6, 6.07) is 1.12. The highest BCUT2D eigenvalue weighted by Crippen LogP contribution is 2.29. The molecule has 0 aromatic rings. The molecule has 0 bridgehead atoms. The van der Waals surface area contributed by atoms with Crippen LogP contribution in [0.1, 0.15) is 58.8 Å². The largest absolute Gasteiger partial charge is 0.391 e. The van der Waals surface area contributed by atoms with Crippen LogP contribution in [0.5, 0.6) is 0 Å². The van der Waals surface area contributed by atoms with Crippen molar-refractivity contribution in [2.75, 3.05) is 6.54 Å². The van der Waals surface area contributed by atoms with Crippen LogP contribution in [-0.2, 0) is 0 Å². The van der Waals surface area contributed by atoms with E-state index in [1.807, 2.05) is 0 Å². The van der Waals surface area contributed by atoms with Gasteiger partial charge in [0.15, 0.2) is 0 Å². The summed E-state index contributed by atoms with van der Waals surface area (Å²) in [5.41, 5.74) is 0. The van der Waals surface area contributed by atoms with Crippen molar-refractivity contribution in [1.29, 1.82) is 0 Å². The highest BCUT2D eigenvalue weighted by Gasteiger charge is 2.33. The smallest absolute Gasteiger partial charge is 0.0695 e. The molecule has 2 heteroatoms. The zero-order valence-electron chi connectivity index (χ0n) is 10.9. The van der Waals surface area contributed by atoms with Gasteiger partial charge in [0.2, 0.25) is 0 Å². The minimum Gasteiger partial charge on any atom is -0.391 e. The van der Waals surface area contributed by atoms with Crippen LogP contribution in [0.2, 0.25) is 0 Å². The maximum Gasteiger partial charge on any atom is 0.0695 e. The molecule has 2 nitrogen and oxygen atoms in total. The molecule has 2 fully saturated rings. The Kier molecular flexibility index (Phi) is 4.26. The van der Waals surface area contributed by atoms with Gasteiger partial charge < -0.3 is 5.11 Å². The van der Waals surface area contributed by atoms with Crippen LogP contribution in [0, 0.1) is 5.92 Å². The third-order valence-electron chi connectivity index (χ3n) is 4.54. The summed E-state index contributed by atoms with van der Waals surface area (Å²) in [5.74, 6) is 0.812. The van der Waals surface area contributed by atoms with Crippen LogP contribution >= 0.6 is 0 Å². The van der Waals surface area contributed by atoms with E-state index in [-0.39, 0.29) is 6.10 Å². The molecule has 1 saturated heterocycles. The number of aliphatic hydroxyl groups is 1. The van der Waals surface area contributed by atoms with E-state index >= 15 is 0 Å². The maximum absolute atomic E-state index is 10.3. The minimum absolute atomic E-state index is 0.0738. The van der Waals surface area contributed by atoms with Gasteiger partial charge in [-0.15, -0.1) is 0 Å². The summed E-state index contributed by atoms with van der Waals surface area (Å²) in [6.45, 7) is 5.88. The molecule has 4 unspecified atom stereocenters. The molecular formula is C14H27NO. The van der Waals surface area contributed by atoms with Crippen molar-refractivity contribution in [3.05, 3.63) is 0 Å². The molecule has 94 valence electrons. The lowest BCUT2D eigenvalue weighted by molar-refractivity contribution is -0.00337. The monoisotopic (exact) mass is 225 g/mol. The molecular weight excluding hydrogens is 198 g/mol. The van der Waals surface area contributed by atoms with Gasteiger partial charge in [-0.2, -0.15) is 0 Å². The predicted molar refractivity (Wildman–Crippen MR) is 67.4 cm³/mol. The van der Waals surface area contributed by atoms with Gasteiger partial charge in [-0.3, -0.25) is 4.90 Å². The molecule has 1 heterocycles. The fraction of sp³-hybridized carbons (Fsp3) is 1.00. The zero-order chi connectivity index (χ0) is 11.5. The van der Waals surface area contributed by atoms with Crippen LogP contribution in [0.25, 0.3) is 0 Å². The van der Waals surface area contributed by atoms with Crippen LogP contribution in [-0.4, -0.2) is 34.7 Å². The van der Waals surface area contributed by atoms with E-state index < -0.39 is 0 Å². The van der Waals surface area contributed by atoms with Gasteiger partial charge in [-0.1, -0.05) is 26.2 Å². The Morgan fingerprint density at radius 2 is 1.69 bits per heavy atom. The van der Waals surface area contributed by atoms with E-state index in [2.05, 4.69) is 18.7 Å². The lowest BCUT2D eigenvalue weighted by Gasteiger charge is -2.43. The molecule has 2 aliphatic rings. The fourth-order valence-corrected chi connectivity index (χ4v) is 3.44. The fourth-order valence-electron chi connectivity index (χ4n) is 3.44. The van der Waals surface area contributed by atoms with Crippen molar-refractivity contribution in [3.8, 4) is 0 Å². The van der Waals surface area contributed by atoms with Crippen molar-refractivity contribution in [2.45, 2.75) is 77.0 Å². The topological polar surface area (TPSA) is 23.5 Å². The van der Waals surface area contributed by atoms with E-state index in [1.54, 1.807) is 0 Å². The van der Waals surface area contributed by atoms with Crippen LogP contribution in [0.15, 0.2) is 0 Å². The molecule has 0 spiro atoms. The second-order valence-electron chi connectivity index (χ2n) is 6.00. The summed E-state index contributed by atoms with van der Waals surface area (Å²) in [6.07, 6.45) is 8.65. The van der Waals surface area contributed by atoms with E-state index in [0.29, 0.717) is 12.1 Å². The Balaban J connectivity index is 2.02. The first-order valence-corrected chi connectivity index (χ1v) is 7.12. The first-order chi connectivity index (χ1) is 7.68. The van der Waals surface area contributed by atoms with E-state index in [4.69, 9.17) is 0 Å². The van der Waals surface area contributed by atoms with Crippen molar-refractivity contribution >= 4 is 0 Å². The number of piperidine rings is 1. The standard InChI is InChI=1S/C14H27NO/c1-11-8-9-12(2)15(10-11)13-6-4-3-5-7-14(13)16/h11-14,16H,3-10H2,1-2H3. The number of hydrogen-bond acceptors (Lipinski definition) is 2. The second-order valence-corrected chi connectivity index (χ2v) is 6.00. The Morgan fingerprint density at radius 3 is 2.50 bits per heavy atom. The van der Waals surface area contributed by atoms with Gasteiger partial charge in [0.25, 0.3) is 0 Å². The highest BCUT2D eigenvalue weighted by molar-refractivity contribution is 4.88. The van der Waals surface area contributed by atoms with Crippen LogP contribution in [0.4, 0.5) is 0 Å². The molecule has 1 aliphatic carbocycles. The molecule has 2 rings (SSSR count). The molecule has 0 amide bonds.